The van der Waals surface area contributed by atoms with Crippen LogP contribution in [0, 0.1) is 17.8 Å². The van der Waals surface area contributed by atoms with Crippen LogP contribution in [0.4, 0.5) is 0 Å². The van der Waals surface area contributed by atoms with Crippen molar-refractivity contribution in [2.24, 2.45) is 17.8 Å². The first-order chi connectivity index (χ1) is 13.0. The predicted octanol–water partition coefficient (Wildman–Crippen LogP) is 3.34. The summed E-state index contributed by atoms with van der Waals surface area (Å²) in [7, 11) is 1.60. The lowest BCUT2D eigenvalue weighted by Gasteiger charge is -2.56. The fourth-order valence-corrected chi connectivity index (χ4v) is 5.69. The summed E-state index contributed by atoms with van der Waals surface area (Å²) in [6, 6.07) is 7.38. The van der Waals surface area contributed by atoms with Gasteiger partial charge in [-0.3, -0.25) is 4.79 Å². The molecule has 1 N–H and O–H groups in total. The molecule has 4 fully saturated rings. The molecule has 0 unspecified atom stereocenters. The Morgan fingerprint density at radius 1 is 1.15 bits per heavy atom. The molecule has 0 atom stereocenters. The molecule has 0 aromatic heterocycles. The maximum Gasteiger partial charge on any atom is 0.331 e. The highest BCUT2D eigenvalue weighted by molar-refractivity contribution is 5.89. The van der Waals surface area contributed by atoms with Gasteiger partial charge in [-0.15, -0.1) is 0 Å². The molecule has 5 nitrogen and oxygen atoms in total. The largest absolute Gasteiger partial charge is 0.497 e. The molecule has 0 aliphatic heterocycles. The van der Waals surface area contributed by atoms with Crippen LogP contribution in [0.5, 0.6) is 5.75 Å². The van der Waals surface area contributed by atoms with Crippen LogP contribution in [0.15, 0.2) is 30.3 Å². The van der Waals surface area contributed by atoms with Gasteiger partial charge in [-0.1, -0.05) is 12.1 Å². The molecule has 0 radical (unpaired) electrons. The van der Waals surface area contributed by atoms with E-state index < -0.39 is 5.97 Å². The summed E-state index contributed by atoms with van der Waals surface area (Å²) in [4.78, 5) is 24.3. The van der Waals surface area contributed by atoms with Crippen molar-refractivity contribution in [2.75, 3.05) is 13.7 Å². The minimum Gasteiger partial charge on any atom is -0.497 e. The zero-order chi connectivity index (χ0) is 18.9. The van der Waals surface area contributed by atoms with E-state index in [4.69, 9.17) is 9.47 Å². The van der Waals surface area contributed by atoms with Gasteiger partial charge < -0.3 is 14.8 Å². The van der Waals surface area contributed by atoms with Crippen LogP contribution in [0.25, 0.3) is 6.08 Å². The fourth-order valence-electron chi connectivity index (χ4n) is 5.69. The van der Waals surface area contributed by atoms with Crippen molar-refractivity contribution in [3.63, 3.8) is 0 Å². The van der Waals surface area contributed by atoms with Gasteiger partial charge in [0.2, 0.25) is 0 Å². The van der Waals surface area contributed by atoms with Crippen LogP contribution in [-0.2, 0) is 14.3 Å². The Morgan fingerprint density at radius 3 is 2.44 bits per heavy atom. The molecule has 0 heterocycles. The van der Waals surface area contributed by atoms with Gasteiger partial charge in [-0.2, -0.15) is 0 Å². The summed E-state index contributed by atoms with van der Waals surface area (Å²) in [6.45, 7) is -0.219. The van der Waals surface area contributed by atoms with Gasteiger partial charge in [0.1, 0.15) is 5.75 Å². The highest BCUT2D eigenvalue weighted by atomic mass is 16.5. The van der Waals surface area contributed by atoms with E-state index in [-0.39, 0.29) is 18.1 Å². The SMILES string of the molecule is COc1cccc(C=CC(=O)OCC(=O)NC23CC4CC(CC(C4)C2)C3)c1. The molecule has 4 aliphatic carbocycles. The van der Waals surface area contributed by atoms with Crippen LogP contribution in [0.3, 0.4) is 0 Å². The minimum atomic E-state index is -0.515. The molecule has 4 bridgehead atoms. The Hall–Kier alpha value is -2.30. The zero-order valence-corrected chi connectivity index (χ0v) is 15.8. The zero-order valence-electron chi connectivity index (χ0n) is 15.8. The molecule has 27 heavy (non-hydrogen) atoms. The van der Waals surface area contributed by atoms with Crippen molar-refractivity contribution in [2.45, 2.75) is 44.1 Å². The normalized spacial score (nSPS) is 31.1. The van der Waals surface area contributed by atoms with E-state index in [9.17, 15) is 9.59 Å². The molecule has 5 rings (SSSR count). The Morgan fingerprint density at radius 2 is 1.81 bits per heavy atom. The first-order valence-corrected chi connectivity index (χ1v) is 9.83. The van der Waals surface area contributed by atoms with Crippen LogP contribution in [-0.4, -0.2) is 31.1 Å². The van der Waals surface area contributed by atoms with E-state index in [1.165, 1.54) is 25.3 Å². The number of esters is 1. The molecule has 4 saturated carbocycles. The van der Waals surface area contributed by atoms with Crippen LogP contribution in [0.2, 0.25) is 0 Å². The third-order valence-electron chi connectivity index (χ3n) is 6.29. The third-order valence-corrected chi connectivity index (χ3v) is 6.29. The Kier molecular flexibility index (Phi) is 4.94. The number of methoxy groups -OCH3 is 1. The summed E-state index contributed by atoms with van der Waals surface area (Å²) < 4.78 is 10.3. The van der Waals surface area contributed by atoms with E-state index in [0.29, 0.717) is 0 Å². The van der Waals surface area contributed by atoms with Crippen molar-refractivity contribution >= 4 is 18.0 Å². The highest BCUT2D eigenvalue weighted by Crippen LogP contribution is 2.55. The lowest BCUT2D eigenvalue weighted by Crippen LogP contribution is -2.60. The molecular formula is C22H27NO4. The summed E-state index contributed by atoms with van der Waals surface area (Å²) in [5.41, 5.74) is 0.790. The van der Waals surface area contributed by atoms with E-state index in [1.54, 1.807) is 13.2 Å². The number of hydrogen-bond acceptors (Lipinski definition) is 4. The minimum absolute atomic E-state index is 0.0470. The van der Waals surface area contributed by atoms with Crippen molar-refractivity contribution in [1.29, 1.82) is 0 Å². The Balaban J connectivity index is 1.26. The van der Waals surface area contributed by atoms with Gasteiger partial charge in [0.15, 0.2) is 6.61 Å². The molecule has 4 aliphatic rings. The monoisotopic (exact) mass is 369 g/mol. The molecule has 1 aromatic rings. The highest BCUT2D eigenvalue weighted by Gasteiger charge is 2.51. The van der Waals surface area contributed by atoms with E-state index in [2.05, 4.69) is 5.32 Å². The summed E-state index contributed by atoms with van der Waals surface area (Å²) >= 11 is 0. The Bertz CT molecular complexity index is 719. The summed E-state index contributed by atoms with van der Waals surface area (Å²) in [5.74, 6) is 2.33. The smallest absolute Gasteiger partial charge is 0.331 e. The van der Waals surface area contributed by atoms with Crippen molar-refractivity contribution in [3.8, 4) is 5.75 Å². The second-order valence-corrected chi connectivity index (χ2v) is 8.46. The first-order valence-electron chi connectivity index (χ1n) is 9.83. The first kappa shape index (κ1) is 18.1. The standard InChI is InChI=1S/C22H27NO4/c1-26-19-4-2-3-15(10-19)5-6-21(25)27-14-20(24)23-22-11-16-7-17(12-22)9-18(8-16)13-22/h2-6,10,16-18H,7-9,11-14H2,1H3,(H,23,24). The molecule has 1 amide bonds. The second kappa shape index (κ2) is 7.37. The lowest BCUT2D eigenvalue weighted by molar-refractivity contribution is -0.145. The second-order valence-electron chi connectivity index (χ2n) is 8.46. The van der Waals surface area contributed by atoms with Gasteiger partial charge in [0.05, 0.1) is 7.11 Å². The average Bonchev–Trinajstić information content (AvgIpc) is 2.63. The van der Waals surface area contributed by atoms with Gasteiger partial charge in [0.25, 0.3) is 5.91 Å². The number of carbonyl (C=O) groups is 2. The van der Waals surface area contributed by atoms with Crippen LogP contribution >= 0.6 is 0 Å². The molecule has 1 aromatic carbocycles. The number of amides is 1. The quantitative estimate of drug-likeness (QED) is 0.617. The number of nitrogens with one attached hydrogen (secondary N) is 1. The molecule has 144 valence electrons. The molecule has 5 heteroatoms. The topological polar surface area (TPSA) is 64.6 Å². The van der Waals surface area contributed by atoms with Gasteiger partial charge in [-0.05, 0) is 80.1 Å². The number of rotatable bonds is 6. The number of hydrogen-bond donors (Lipinski definition) is 1. The number of carbonyl (C=O) groups excluding carboxylic acids is 2. The Labute approximate surface area is 160 Å². The van der Waals surface area contributed by atoms with E-state index in [1.807, 2.05) is 24.3 Å². The van der Waals surface area contributed by atoms with Gasteiger partial charge >= 0.3 is 5.97 Å². The molecule has 0 saturated heterocycles. The predicted molar refractivity (Wildman–Crippen MR) is 102 cm³/mol. The van der Waals surface area contributed by atoms with Gasteiger partial charge in [-0.25, -0.2) is 4.79 Å². The fraction of sp³-hybridized carbons (Fsp3) is 0.545. The average molecular weight is 369 g/mol. The maximum atomic E-state index is 12.4. The van der Waals surface area contributed by atoms with Crippen molar-refractivity contribution < 1.29 is 19.1 Å². The number of benzene rings is 1. The summed E-state index contributed by atoms with van der Waals surface area (Å²) in [5, 5.41) is 3.21. The van der Waals surface area contributed by atoms with Crippen molar-refractivity contribution in [1.82, 2.24) is 5.32 Å². The van der Waals surface area contributed by atoms with Crippen LogP contribution in [0.1, 0.15) is 44.1 Å². The third kappa shape index (κ3) is 4.18. The van der Waals surface area contributed by atoms with E-state index >= 15 is 0 Å². The van der Waals surface area contributed by atoms with E-state index in [0.717, 1.165) is 48.3 Å². The maximum absolute atomic E-state index is 12.4. The molecular weight excluding hydrogens is 342 g/mol. The van der Waals surface area contributed by atoms with Gasteiger partial charge in [0, 0.05) is 11.6 Å². The van der Waals surface area contributed by atoms with Crippen molar-refractivity contribution in [3.05, 3.63) is 35.9 Å². The van der Waals surface area contributed by atoms with Crippen LogP contribution < -0.4 is 10.1 Å². The number of ether oxygens (including phenoxy) is 2. The molecule has 0 spiro atoms. The lowest BCUT2D eigenvalue weighted by atomic mass is 9.53. The summed E-state index contributed by atoms with van der Waals surface area (Å²) in [6.07, 6.45) is 10.3.